The lowest BCUT2D eigenvalue weighted by molar-refractivity contribution is -0.385. The second-order valence-corrected chi connectivity index (χ2v) is 6.25. The van der Waals surface area contributed by atoms with E-state index in [1.807, 2.05) is 30.5 Å². The van der Waals surface area contributed by atoms with Crippen molar-refractivity contribution in [2.45, 2.75) is 6.42 Å². The summed E-state index contributed by atoms with van der Waals surface area (Å²) < 4.78 is 0. The number of carbonyl (C=O) groups is 1. The van der Waals surface area contributed by atoms with E-state index in [0.29, 0.717) is 19.5 Å². The van der Waals surface area contributed by atoms with E-state index in [9.17, 15) is 14.9 Å². The van der Waals surface area contributed by atoms with E-state index >= 15 is 0 Å². The lowest BCUT2D eigenvalue weighted by Gasteiger charge is -2.26. The fourth-order valence-electron chi connectivity index (χ4n) is 3.42. The highest BCUT2D eigenvalue weighted by Gasteiger charge is 2.25. The van der Waals surface area contributed by atoms with Crippen LogP contribution in [0.3, 0.4) is 0 Å². The van der Waals surface area contributed by atoms with Crippen molar-refractivity contribution in [1.29, 1.82) is 0 Å². The highest BCUT2D eigenvalue weighted by atomic mass is 16.6. The highest BCUT2D eigenvalue weighted by molar-refractivity contribution is 5.99. The number of nitrogens with one attached hydrogen (secondary N) is 1. The van der Waals surface area contributed by atoms with E-state index in [0.717, 1.165) is 16.5 Å². The van der Waals surface area contributed by atoms with Crippen molar-refractivity contribution in [1.82, 2.24) is 9.88 Å². The van der Waals surface area contributed by atoms with Crippen molar-refractivity contribution in [2.24, 2.45) is 0 Å². The number of hydrogen-bond donors (Lipinski definition) is 1. The quantitative estimate of drug-likeness (QED) is 0.574. The molecule has 130 valence electrons. The standard InChI is InChI=1S/C20H17N3O3/c24-20(16-6-2-4-8-19(16)23(25)26)22-11-9-14(10-12-22)17-13-21-18-7-3-1-5-15(17)18/h1-9,13,21H,10-12H2. The van der Waals surface area contributed by atoms with Crippen molar-refractivity contribution < 1.29 is 9.72 Å². The molecule has 1 aromatic heterocycles. The molecule has 0 fully saturated rings. The van der Waals surface area contributed by atoms with Gasteiger partial charge < -0.3 is 9.88 Å². The number of fused-ring (bicyclic) bond motifs is 1. The fourth-order valence-corrected chi connectivity index (χ4v) is 3.42. The van der Waals surface area contributed by atoms with Crippen LogP contribution < -0.4 is 0 Å². The van der Waals surface area contributed by atoms with Crippen molar-refractivity contribution in [3.05, 3.63) is 82.0 Å². The number of rotatable bonds is 3. The molecular weight excluding hydrogens is 330 g/mol. The number of nitro groups is 1. The zero-order chi connectivity index (χ0) is 18.1. The van der Waals surface area contributed by atoms with Crippen molar-refractivity contribution in [2.75, 3.05) is 13.1 Å². The van der Waals surface area contributed by atoms with Crippen LogP contribution in [0.15, 0.2) is 60.8 Å². The summed E-state index contributed by atoms with van der Waals surface area (Å²) >= 11 is 0. The normalized spacial score (nSPS) is 14.3. The first kappa shape index (κ1) is 16.1. The fraction of sp³-hybridized carbons (Fsp3) is 0.150. The van der Waals surface area contributed by atoms with Gasteiger partial charge in [-0.2, -0.15) is 0 Å². The van der Waals surface area contributed by atoms with Gasteiger partial charge in [0.15, 0.2) is 0 Å². The topological polar surface area (TPSA) is 79.2 Å². The lowest BCUT2D eigenvalue weighted by Crippen LogP contribution is -2.35. The first-order chi connectivity index (χ1) is 12.6. The molecule has 4 rings (SSSR count). The SMILES string of the molecule is O=C(c1ccccc1[N+](=O)[O-])N1CC=C(c2c[nH]c3ccccc23)CC1. The van der Waals surface area contributed by atoms with Crippen LogP contribution in [-0.2, 0) is 0 Å². The molecule has 0 spiro atoms. The second-order valence-electron chi connectivity index (χ2n) is 6.25. The molecule has 1 aliphatic rings. The van der Waals surface area contributed by atoms with E-state index in [1.54, 1.807) is 17.0 Å². The molecule has 2 heterocycles. The van der Waals surface area contributed by atoms with Crippen LogP contribution in [0, 0.1) is 10.1 Å². The third kappa shape index (κ3) is 2.75. The molecule has 0 atom stereocenters. The molecule has 6 nitrogen and oxygen atoms in total. The van der Waals surface area contributed by atoms with Gasteiger partial charge in [-0.15, -0.1) is 0 Å². The highest BCUT2D eigenvalue weighted by Crippen LogP contribution is 2.30. The molecule has 0 saturated carbocycles. The smallest absolute Gasteiger partial charge is 0.282 e. The Kier molecular flexibility index (Phi) is 4.01. The Morgan fingerprint density at radius 1 is 1.12 bits per heavy atom. The number of hydrogen-bond acceptors (Lipinski definition) is 3. The molecule has 1 N–H and O–H groups in total. The molecule has 0 unspecified atom stereocenters. The first-order valence-corrected chi connectivity index (χ1v) is 8.43. The van der Waals surface area contributed by atoms with Crippen LogP contribution in [0.1, 0.15) is 22.3 Å². The predicted octanol–water partition coefficient (Wildman–Crippen LogP) is 4.01. The van der Waals surface area contributed by atoms with Gasteiger partial charge in [-0.05, 0) is 24.1 Å². The molecule has 3 aromatic rings. The van der Waals surface area contributed by atoms with Crippen LogP contribution in [0.5, 0.6) is 0 Å². The van der Waals surface area contributed by atoms with Crippen LogP contribution in [0.25, 0.3) is 16.5 Å². The minimum absolute atomic E-state index is 0.140. The molecule has 0 radical (unpaired) electrons. The Hall–Kier alpha value is -3.41. The maximum atomic E-state index is 12.7. The number of para-hydroxylation sites is 2. The molecule has 0 bridgehead atoms. The number of benzene rings is 2. The molecular formula is C20H17N3O3. The summed E-state index contributed by atoms with van der Waals surface area (Å²) in [6.07, 6.45) is 4.75. The van der Waals surface area contributed by atoms with Gasteiger partial charge in [0.05, 0.1) is 4.92 Å². The van der Waals surface area contributed by atoms with E-state index < -0.39 is 4.92 Å². The second kappa shape index (κ2) is 6.48. The molecule has 0 aliphatic carbocycles. The Balaban J connectivity index is 1.58. The van der Waals surface area contributed by atoms with Gasteiger partial charge in [0.2, 0.25) is 0 Å². The number of aromatic amines is 1. The van der Waals surface area contributed by atoms with Gasteiger partial charge in [0, 0.05) is 41.8 Å². The summed E-state index contributed by atoms with van der Waals surface area (Å²) in [6, 6.07) is 14.2. The summed E-state index contributed by atoms with van der Waals surface area (Å²) in [4.78, 5) is 28.3. The minimum atomic E-state index is -0.510. The van der Waals surface area contributed by atoms with Gasteiger partial charge >= 0.3 is 0 Å². The Morgan fingerprint density at radius 3 is 2.65 bits per heavy atom. The van der Waals surface area contributed by atoms with Crippen LogP contribution in [0.2, 0.25) is 0 Å². The van der Waals surface area contributed by atoms with Crippen molar-refractivity contribution in [3.8, 4) is 0 Å². The minimum Gasteiger partial charge on any atom is -0.361 e. The zero-order valence-corrected chi connectivity index (χ0v) is 14.0. The van der Waals surface area contributed by atoms with Crippen molar-refractivity contribution in [3.63, 3.8) is 0 Å². The van der Waals surface area contributed by atoms with E-state index in [4.69, 9.17) is 0 Å². The molecule has 26 heavy (non-hydrogen) atoms. The largest absolute Gasteiger partial charge is 0.361 e. The van der Waals surface area contributed by atoms with Gasteiger partial charge in [0.1, 0.15) is 5.56 Å². The molecule has 2 aromatic carbocycles. The molecule has 0 saturated heterocycles. The van der Waals surface area contributed by atoms with Crippen LogP contribution in [-0.4, -0.2) is 33.8 Å². The van der Waals surface area contributed by atoms with Crippen molar-refractivity contribution >= 4 is 28.1 Å². The third-order valence-corrected chi connectivity index (χ3v) is 4.76. The summed E-state index contributed by atoms with van der Waals surface area (Å²) in [7, 11) is 0. The summed E-state index contributed by atoms with van der Waals surface area (Å²) in [5.74, 6) is -0.300. The average Bonchev–Trinajstić information content (AvgIpc) is 3.11. The monoisotopic (exact) mass is 347 g/mol. The summed E-state index contributed by atoms with van der Waals surface area (Å²) in [5.41, 5.74) is 3.42. The number of nitrogens with zero attached hydrogens (tertiary/aromatic N) is 2. The number of nitro benzene ring substituents is 1. The van der Waals surface area contributed by atoms with E-state index in [-0.39, 0.29) is 17.2 Å². The van der Waals surface area contributed by atoms with Crippen LogP contribution >= 0.6 is 0 Å². The zero-order valence-electron chi connectivity index (χ0n) is 14.0. The van der Waals surface area contributed by atoms with Gasteiger partial charge in [0.25, 0.3) is 11.6 Å². The molecule has 1 amide bonds. The van der Waals surface area contributed by atoms with Gasteiger partial charge in [-0.3, -0.25) is 14.9 Å². The van der Waals surface area contributed by atoms with Gasteiger partial charge in [-0.25, -0.2) is 0 Å². The first-order valence-electron chi connectivity index (χ1n) is 8.43. The molecule has 6 heteroatoms. The number of H-pyrrole nitrogens is 1. The number of carbonyl (C=O) groups excluding carboxylic acids is 1. The maximum Gasteiger partial charge on any atom is 0.282 e. The lowest BCUT2D eigenvalue weighted by atomic mass is 9.98. The van der Waals surface area contributed by atoms with Gasteiger partial charge in [-0.1, -0.05) is 36.4 Å². The Labute approximate surface area is 149 Å². The number of amides is 1. The Morgan fingerprint density at radius 2 is 1.88 bits per heavy atom. The predicted molar refractivity (Wildman–Crippen MR) is 99.9 cm³/mol. The average molecular weight is 347 g/mol. The van der Waals surface area contributed by atoms with E-state index in [1.165, 1.54) is 17.7 Å². The van der Waals surface area contributed by atoms with Crippen LogP contribution in [0.4, 0.5) is 5.69 Å². The summed E-state index contributed by atoms with van der Waals surface area (Å²) in [5, 5.41) is 12.3. The third-order valence-electron chi connectivity index (χ3n) is 4.76. The number of aromatic nitrogens is 1. The Bertz CT molecular complexity index is 1040. The molecule has 1 aliphatic heterocycles. The summed E-state index contributed by atoms with van der Waals surface area (Å²) in [6.45, 7) is 0.982. The van der Waals surface area contributed by atoms with E-state index in [2.05, 4.69) is 11.1 Å². The maximum absolute atomic E-state index is 12.7.